The number of ether oxygens (including phenoxy) is 1. The summed E-state index contributed by atoms with van der Waals surface area (Å²) in [5.74, 6) is 0. The van der Waals surface area contributed by atoms with Gasteiger partial charge in [0.1, 0.15) is 0 Å². The van der Waals surface area contributed by atoms with Gasteiger partial charge in [0, 0.05) is 13.5 Å². The predicted octanol–water partition coefficient (Wildman–Crippen LogP) is 2.39. The summed E-state index contributed by atoms with van der Waals surface area (Å²) in [4.78, 5) is 0. The number of nitriles is 1. The Bertz CT molecular complexity index is 533. The molecule has 0 amide bonds. The summed E-state index contributed by atoms with van der Waals surface area (Å²) in [5, 5.41) is 14.6. The third-order valence-electron chi connectivity index (χ3n) is 4.28. The van der Waals surface area contributed by atoms with Crippen LogP contribution in [0.5, 0.6) is 0 Å². The molecule has 0 saturated carbocycles. The van der Waals surface area contributed by atoms with Crippen molar-refractivity contribution >= 4 is 11.6 Å². The van der Waals surface area contributed by atoms with E-state index in [9.17, 15) is 5.26 Å². The van der Waals surface area contributed by atoms with Gasteiger partial charge in [-0.15, -0.1) is 0 Å². The Balaban J connectivity index is 1.94. The van der Waals surface area contributed by atoms with Crippen LogP contribution in [0.2, 0.25) is 5.02 Å². The second kappa shape index (κ2) is 3.97. The third-order valence-corrected chi connectivity index (χ3v) is 4.77. The lowest BCUT2D eigenvalue weighted by Gasteiger charge is -2.28. The van der Waals surface area contributed by atoms with E-state index in [0.717, 1.165) is 30.7 Å². The molecule has 2 bridgehead atoms. The number of aryl methyl sites for hydroxylation is 2. The van der Waals surface area contributed by atoms with E-state index in [4.69, 9.17) is 16.3 Å². The predicted molar refractivity (Wildman–Crippen MR) is 67.2 cm³/mol. The molecule has 3 rings (SSSR count). The fraction of sp³-hybridized carbons (Fsp3) is 0.692. The van der Waals surface area contributed by atoms with E-state index < -0.39 is 5.41 Å². The van der Waals surface area contributed by atoms with Crippen LogP contribution in [0, 0.1) is 23.7 Å². The van der Waals surface area contributed by atoms with Crippen LogP contribution in [0.3, 0.4) is 0 Å². The first-order chi connectivity index (χ1) is 8.55. The molecule has 2 aliphatic heterocycles. The van der Waals surface area contributed by atoms with Crippen molar-refractivity contribution in [3.8, 4) is 6.07 Å². The van der Waals surface area contributed by atoms with Gasteiger partial charge in [-0.05, 0) is 26.2 Å². The maximum absolute atomic E-state index is 9.59. The van der Waals surface area contributed by atoms with Crippen molar-refractivity contribution < 1.29 is 4.74 Å². The smallest absolute Gasteiger partial charge is 0.0915 e. The standard InChI is InChI=1S/C13H16ClN3O/c1-8-12(14)10(17(2)16-8)6-13(7-15)5-9-3-4-11(13)18-9/h9,11H,3-6H2,1-2H3. The zero-order chi connectivity index (χ0) is 12.9. The first-order valence-electron chi connectivity index (χ1n) is 6.30. The lowest BCUT2D eigenvalue weighted by Crippen LogP contribution is -2.34. The maximum atomic E-state index is 9.59. The number of hydrogen-bond acceptors (Lipinski definition) is 3. The summed E-state index contributed by atoms with van der Waals surface area (Å²) >= 11 is 6.28. The second-order valence-corrected chi connectivity index (χ2v) is 5.82. The number of hydrogen-bond donors (Lipinski definition) is 0. The van der Waals surface area contributed by atoms with E-state index in [1.165, 1.54) is 0 Å². The van der Waals surface area contributed by atoms with E-state index >= 15 is 0 Å². The number of aromatic nitrogens is 2. The quantitative estimate of drug-likeness (QED) is 0.825. The lowest BCUT2D eigenvalue weighted by atomic mass is 9.72. The molecule has 0 radical (unpaired) electrons. The minimum Gasteiger partial charge on any atom is -0.373 e. The first-order valence-corrected chi connectivity index (χ1v) is 6.68. The van der Waals surface area contributed by atoms with Gasteiger partial charge in [-0.25, -0.2) is 0 Å². The van der Waals surface area contributed by atoms with Crippen molar-refractivity contribution in [3.05, 3.63) is 16.4 Å². The van der Waals surface area contributed by atoms with Crippen molar-refractivity contribution in [2.75, 3.05) is 0 Å². The van der Waals surface area contributed by atoms with Gasteiger partial charge >= 0.3 is 0 Å². The van der Waals surface area contributed by atoms with E-state index in [-0.39, 0.29) is 12.2 Å². The average Bonchev–Trinajstić information content (AvgIpc) is 3.00. The summed E-state index contributed by atoms with van der Waals surface area (Å²) in [5.41, 5.74) is 1.37. The zero-order valence-electron chi connectivity index (χ0n) is 10.6. The molecule has 0 aliphatic carbocycles. The Morgan fingerprint density at radius 3 is 2.83 bits per heavy atom. The molecule has 96 valence electrons. The van der Waals surface area contributed by atoms with Crippen molar-refractivity contribution in [1.29, 1.82) is 5.26 Å². The Labute approximate surface area is 111 Å². The molecule has 0 aromatic carbocycles. The third kappa shape index (κ3) is 1.58. The monoisotopic (exact) mass is 265 g/mol. The molecule has 2 saturated heterocycles. The van der Waals surface area contributed by atoms with Gasteiger partial charge in [0.15, 0.2) is 0 Å². The highest BCUT2D eigenvalue weighted by molar-refractivity contribution is 6.31. The van der Waals surface area contributed by atoms with Crippen LogP contribution in [0.1, 0.15) is 30.7 Å². The molecule has 1 aromatic rings. The largest absolute Gasteiger partial charge is 0.373 e. The summed E-state index contributed by atoms with van der Waals surface area (Å²) in [6.45, 7) is 1.89. The highest BCUT2D eigenvalue weighted by Gasteiger charge is 2.53. The molecule has 0 N–H and O–H groups in total. The molecule has 3 unspecified atom stereocenters. The van der Waals surface area contributed by atoms with Gasteiger partial charge < -0.3 is 4.74 Å². The van der Waals surface area contributed by atoms with E-state index in [1.807, 2.05) is 14.0 Å². The summed E-state index contributed by atoms with van der Waals surface area (Å²) in [6.07, 6.45) is 3.88. The lowest BCUT2D eigenvalue weighted by molar-refractivity contribution is 0.0783. The van der Waals surface area contributed by atoms with Crippen LogP contribution in [0.15, 0.2) is 0 Å². The molecular weight excluding hydrogens is 250 g/mol. The van der Waals surface area contributed by atoms with Crippen LogP contribution in [-0.2, 0) is 18.2 Å². The van der Waals surface area contributed by atoms with Gasteiger partial charge in [0.2, 0.25) is 0 Å². The van der Waals surface area contributed by atoms with Gasteiger partial charge in [0.05, 0.1) is 40.1 Å². The second-order valence-electron chi connectivity index (χ2n) is 5.44. The molecule has 2 fully saturated rings. The van der Waals surface area contributed by atoms with Gasteiger partial charge in [-0.3, -0.25) is 4.68 Å². The van der Waals surface area contributed by atoms with E-state index in [0.29, 0.717) is 11.4 Å². The minimum atomic E-state index is -0.410. The topological polar surface area (TPSA) is 50.8 Å². The highest BCUT2D eigenvalue weighted by Crippen LogP contribution is 2.49. The summed E-state index contributed by atoms with van der Waals surface area (Å²) in [7, 11) is 1.88. The molecule has 0 spiro atoms. The van der Waals surface area contributed by atoms with Crippen molar-refractivity contribution in [3.63, 3.8) is 0 Å². The van der Waals surface area contributed by atoms with Gasteiger partial charge in [-0.2, -0.15) is 10.4 Å². The SMILES string of the molecule is Cc1nn(C)c(CC2(C#N)CC3CCC2O3)c1Cl. The van der Waals surface area contributed by atoms with Crippen LogP contribution in [0.4, 0.5) is 0 Å². The number of fused-ring (bicyclic) bond motifs is 2. The number of rotatable bonds is 2. The molecule has 3 atom stereocenters. The molecule has 3 heterocycles. The van der Waals surface area contributed by atoms with Crippen LogP contribution < -0.4 is 0 Å². The fourth-order valence-electron chi connectivity index (χ4n) is 3.31. The van der Waals surface area contributed by atoms with Crippen LogP contribution >= 0.6 is 11.6 Å². The van der Waals surface area contributed by atoms with E-state index in [1.54, 1.807) is 4.68 Å². The Morgan fingerprint density at radius 1 is 1.61 bits per heavy atom. The van der Waals surface area contributed by atoms with Crippen LogP contribution in [0.25, 0.3) is 0 Å². The molecule has 2 aliphatic rings. The summed E-state index contributed by atoms with van der Waals surface area (Å²) < 4.78 is 7.64. The first kappa shape index (κ1) is 12.0. The zero-order valence-corrected chi connectivity index (χ0v) is 11.4. The van der Waals surface area contributed by atoms with Crippen molar-refractivity contribution in [1.82, 2.24) is 9.78 Å². The maximum Gasteiger partial charge on any atom is 0.0915 e. The van der Waals surface area contributed by atoms with Gasteiger partial charge in [0.25, 0.3) is 0 Å². The molecular formula is C13H16ClN3O. The normalized spacial score (nSPS) is 33.9. The number of nitrogens with zero attached hydrogens (tertiary/aromatic N) is 3. The molecule has 1 aromatic heterocycles. The van der Waals surface area contributed by atoms with Crippen molar-refractivity contribution in [2.45, 2.75) is 44.8 Å². The van der Waals surface area contributed by atoms with E-state index in [2.05, 4.69) is 11.2 Å². The molecule has 5 heteroatoms. The average molecular weight is 266 g/mol. The Kier molecular flexibility index (Phi) is 2.65. The summed E-state index contributed by atoms with van der Waals surface area (Å²) in [6, 6.07) is 2.50. The number of halogens is 1. The molecule has 4 nitrogen and oxygen atoms in total. The van der Waals surface area contributed by atoms with Crippen LogP contribution in [-0.4, -0.2) is 22.0 Å². The fourth-order valence-corrected chi connectivity index (χ4v) is 3.54. The van der Waals surface area contributed by atoms with Gasteiger partial charge in [-0.1, -0.05) is 11.6 Å². The highest BCUT2D eigenvalue weighted by atomic mass is 35.5. The Morgan fingerprint density at radius 2 is 2.39 bits per heavy atom. The Hall–Kier alpha value is -1.05. The minimum absolute atomic E-state index is 0.0683. The molecule has 18 heavy (non-hydrogen) atoms. The van der Waals surface area contributed by atoms with Crippen molar-refractivity contribution in [2.24, 2.45) is 12.5 Å².